The third-order valence-corrected chi connectivity index (χ3v) is 2.62. The molecule has 3 N–H and O–H groups in total. The molecule has 8 heteroatoms. The Balaban J connectivity index is 2.83. The highest BCUT2D eigenvalue weighted by molar-refractivity contribution is 5.68. The van der Waals surface area contributed by atoms with Crippen molar-refractivity contribution < 1.29 is 27.1 Å². The quantitative estimate of drug-likeness (QED) is 0.507. The van der Waals surface area contributed by atoms with E-state index in [0.717, 1.165) is 12.1 Å². The first-order valence-corrected chi connectivity index (χ1v) is 5.26. The average Bonchev–Trinajstić information content (AvgIpc) is 2.44. The van der Waals surface area contributed by atoms with Gasteiger partial charge >= 0.3 is 0 Å². The summed E-state index contributed by atoms with van der Waals surface area (Å²) in [6, 6.07) is 2.14. The Bertz CT molecular complexity index is 661. The van der Waals surface area contributed by atoms with E-state index >= 15 is 0 Å². The Morgan fingerprint density at radius 2 is 1.40 bits per heavy atom. The Labute approximate surface area is 109 Å². The first-order chi connectivity index (χ1) is 9.38. The van der Waals surface area contributed by atoms with Crippen LogP contribution in [0.15, 0.2) is 12.1 Å². The number of aliphatic hydroxyl groups is 1. The predicted molar refractivity (Wildman–Crippen MR) is 59.8 cm³/mol. The molecule has 0 spiro atoms. The summed E-state index contributed by atoms with van der Waals surface area (Å²) in [6.07, 6.45) is 0. The van der Waals surface area contributed by atoms with Gasteiger partial charge in [-0.05, 0) is 12.1 Å². The molecule has 1 aromatic heterocycles. The van der Waals surface area contributed by atoms with Gasteiger partial charge in [0.1, 0.15) is 5.82 Å². The zero-order valence-electron chi connectivity index (χ0n) is 9.72. The number of aliphatic hydroxyl groups excluding tert-OH is 1. The summed E-state index contributed by atoms with van der Waals surface area (Å²) in [6.45, 7) is -0.778. The van der Waals surface area contributed by atoms with E-state index in [9.17, 15) is 22.0 Å². The number of pyridine rings is 1. The number of nitrogens with zero attached hydrogens (tertiary/aromatic N) is 1. The van der Waals surface area contributed by atoms with Gasteiger partial charge in [0.25, 0.3) is 0 Å². The standard InChI is InChI=1S/C12H7F5N2O/c13-8-7(9(14)11(16)12(17)10(8)15)4-1-2-6(18)19-5(4)3-20/h1-2,20H,3H2,(H2,18,19). The lowest BCUT2D eigenvalue weighted by Gasteiger charge is -2.11. The second-order valence-corrected chi connectivity index (χ2v) is 3.83. The van der Waals surface area contributed by atoms with Gasteiger partial charge in [0.15, 0.2) is 23.3 Å². The van der Waals surface area contributed by atoms with Crippen LogP contribution in [0.3, 0.4) is 0 Å². The normalized spacial score (nSPS) is 10.9. The number of halogens is 5. The molecule has 0 unspecified atom stereocenters. The average molecular weight is 290 g/mol. The number of aromatic nitrogens is 1. The van der Waals surface area contributed by atoms with Crippen LogP contribution < -0.4 is 5.73 Å². The number of benzene rings is 1. The summed E-state index contributed by atoms with van der Waals surface area (Å²) in [5, 5.41) is 9.05. The van der Waals surface area contributed by atoms with Crippen LogP contribution in [0.25, 0.3) is 11.1 Å². The zero-order valence-corrected chi connectivity index (χ0v) is 9.72. The van der Waals surface area contributed by atoms with Gasteiger partial charge in [0.2, 0.25) is 5.82 Å². The minimum absolute atomic E-state index is 0.0679. The van der Waals surface area contributed by atoms with E-state index in [4.69, 9.17) is 10.8 Å². The molecule has 1 aromatic carbocycles. The first kappa shape index (κ1) is 14.2. The number of anilines is 1. The van der Waals surface area contributed by atoms with Gasteiger partial charge in [-0.2, -0.15) is 0 Å². The van der Waals surface area contributed by atoms with Crippen LogP contribution in [0.1, 0.15) is 5.69 Å². The molecule has 1 heterocycles. The fraction of sp³-hybridized carbons (Fsp3) is 0.0833. The topological polar surface area (TPSA) is 59.1 Å². The van der Waals surface area contributed by atoms with Gasteiger partial charge in [-0.25, -0.2) is 26.9 Å². The molecule has 0 saturated carbocycles. The van der Waals surface area contributed by atoms with E-state index < -0.39 is 46.8 Å². The maximum atomic E-state index is 13.6. The van der Waals surface area contributed by atoms with Gasteiger partial charge < -0.3 is 10.8 Å². The minimum Gasteiger partial charge on any atom is -0.390 e. The smallest absolute Gasteiger partial charge is 0.200 e. The van der Waals surface area contributed by atoms with Crippen molar-refractivity contribution in [3.8, 4) is 11.1 Å². The zero-order chi connectivity index (χ0) is 15.0. The molecule has 0 aliphatic rings. The van der Waals surface area contributed by atoms with Crippen molar-refractivity contribution >= 4 is 5.82 Å². The van der Waals surface area contributed by atoms with Gasteiger partial charge in [0.05, 0.1) is 17.9 Å². The van der Waals surface area contributed by atoms with Crippen molar-refractivity contribution in [1.82, 2.24) is 4.98 Å². The molecule has 2 aromatic rings. The Morgan fingerprint density at radius 3 is 1.90 bits per heavy atom. The molecule has 0 saturated heterocycles. The fourth-order valence-electron chi connectivity index (χ4n) is 1.71. The molecule has 0 bridgehead atoms. The van der Waals surface area contributed by atoms with E-state index in [1.165, 1.54) is 0 Å². The number of hydrogen-bond acceptors (Lipinski definition) is 3. The Hall–Kier alpha value is -2.22. The van der Waals surface area contributed by atoms with Crippen LogP contribution in [0, 0.1) is 29.1 Å². The van der Waals surface area contributed by atoms with E-state index in [-0.39, 0.29) is 11.5 Å². The SMILES string of the molecule is Nc1ccc(-c2c(F)c(F)c(F)c(F)c2F)c(CO)n1. The van der Waals surface area contributed by atoms with E-state index in [0.29, 0.717) is 0 Å². The van der Waals surface area contributed by atoms with Crippen LogP contribution in [0.2, 0.25) is 0 Å². The van der Waals surface area contributed by atoms with Gasteiger partial charge in [0, 0.05) is 5.56 Å². The van der Waals surface area contributed by atoms with Crippen LogP contribution in [0.5, 0.6) is 0 Å². The van der Waals surface area contributed by atoms with Crippen LogP contribution in [0.4, 0.5) is 27.8 Å². The number of rotatable bonds is 2. The molecule has 0 amide bonds. The van der Waals surface area contributed by atoms with Crippen LogP contribution in [-0.2, 0) is 6.61 Å². The first-order valence-electron chi connectivity index (χ1n) is 5.26. The molecule has 0 aliphatic heterocycles. The predicted octanol–water partition coefficient (Wildman–Crippen LogP) is 2.52. The fourth-order valence-corrected chi connectivity index (χ4v) is 1.71. The number of nitrogens with two attached hydrogens (primary N) is 1. The maximum absolute atomic E-state index is 13.6. The summed E-state index contributed by atoms with van der Waals surface area (Å²) >= 11 is 0. The Morgan fingerprint density at radius 1 is 0.900 bits per heavy atom. The Kier molecular flexibility index (Phi) is 3.58. The highest BCUT2D eigenvalue weighted by Crippen LogP contribution is 2.33. The van der Waals surface area contributed by atoms with Crippen molar-refractivity contribution in [2.24, 2.45) is 0 Å². The number of nitrogen functional groups attached to an aromatic ring is 1. The lowest BCUT2D eigenvalue weighted by molar-refractivity contribution is 0.277. The summed E-state index contributed by atoms with van der Waals surface area (Å²) in [5.41, 5.74) is 3.45. The third kappa shape index (κ3) is 2.07. The molecule has 0 radical (unpaired) electrons. The van der Waals surface area contributed by atoms with Gasteiger partial charge in [-0.1, -0.05) is 0 Å². The molecular formula is C12H7F5N2O. The highest BCUT2D eigenvalue weighted by atomic mass is 19.2. The summed E-state index contributed by atoms with van der Waals surface area (Å²) in [7, 11) is 0. The van der Waals surface area contributed by atoms with E-state index in [1.54, 1.807) is 0 Å². The lowest BCUT2D eigenvalue weighted by atomic mass is 10.0. The molecule has 0 fully saturated rings. The summed E-state index contributed by atoms with van der Waals surface area (Å²) in [4.78, 5) is 3.59. The summed E-state index contributed by atoms with van der Waals surface area (Å²) in [5.74, 6) is -10.5. The molecular weight excluding hydrogens is 283 g/mol. The summed E-state index contributed by atoms with van der Waals surface area (Å²) < 4.78 is 66.5. The van der Waals surface area contributed by atoms with Crippen molar-refractivity contribution in [2.45, 2.75) is 6.61 Å². The van der Waals surface area contributed by atoms with Crippen molar-refractivity contribution in [2.75, 3.05) is 5.73 Å². The molecule has 106 valence electrons. The molecule has 0 atom stereocenters. The molecule has 0 aliphatic carbocycles. The maximum Gasteiger partial charge on any atom is 0.200 e. The van der Waals surface area contributed by atoms with Crippen molar-refractivity contribution in [3.05, 3.63) is 46.9 Å². The molecule has 3 nitrogen and oxygen atoms in total. The van der Waals surface area contributed by atoms with E-state index in [1.807, 2.05) is 0 Å². The van der Waals surface area contributed by atoms with Gasteiger partial charge in [-0.15, -0.1) is 0 Å². The minimum atomic E-state index is -2.25. The lowest BCUT2D eigenvalue weighted by Crippen LogP contribution is -2.07. The second kappa shape index (κ2) is 5.04. The monoisotopic (exact) mass is 290 g/mol. The highest BCUT2D eigenvalue weighted by Gasteiger charge is 2.27. The van der Waals surface area contributed by atoms with E-state index in [2.05, 4.69) is 4.98 Å². The van der Waals surface area contributed by atoms with Crippen LogP contribution >= 0.6 is 0 Å². The molecule has 20 heavy (non-hydrogen) atoms. The largest absolute Gasteiger partial charge is 0.390 e. The van der Waals surface area contributed by atoms with Crippen LogP contribution in [-0.4, -0.2) is 10.1 Å². The number of hydrogen-bond donors (Lipinski definition) is 2. The van der Waals surface area contributed by atoms with Gasteiger partial charge in [-0.3, -0.25) is 0 Å². The second-order valence-electron chi connectivity index (χ2n) is 3.83. The molecule has 2 rings (SSSR count). The third-order valence-electron chi connectivity index (χ3n) is 2.62. The van der Waals surface area contributed by atoms with Crippen molar-refractivity contribution in [1.29, 1.82) is 0 Å². The van der Waals surface area contributed by atoms with Crippen molar-refractivity contribution in [3.63, 3.8) is 0 Å².